The molecule has 2 N–H and O–H groups in total. The van der Waals surface area contributed by atoms with Crippen molar-refractivity contribution >= 4 is 11.8 Å². The van der Waals surface area contributed by atoms with Gasteiger partial charge < -0.3 is 15.4 Å². The molecule has 158 valence electrons. The van der Waals surface area contributed by atoms with Crippen LogP contribution in [-0.2, 0) is 6.54 Å². The molecule has 2 aromatic carbocycles. The molecule has 0 unspecified atom stereocenters. The molecule has 0 amide bonds. The Hall–Kier alpha value is -3.29. The van der Waals surface area contributed by atoms with Crippen LogP contribution in [0.2, 0.25) is 0 Å². The average molecular weight is 416 g/mol. The van der Waals surface area contributed by atoms with Crippen molar-refractivity contribution in [3.63, 3.8) is 0 Å². The van der Waals surface area contributed by atoms with E-state index < -0.39 is 6.36 Å². The van der Waals surface area contributed by atoms with Gasteiger partial charge in [0.1, 0.15) is 11.6 Å². The largest absolute Gasteiger partial charge is 0.573 e. The smallest absolute Gasteiger partial charge is 0.406 e. The van der Waals surface area contributed by atoms with Crippen molar-refractivity contribution in [3.05, 3.63) is 66.2 Å². The van der Waals surface area contributed by atoms with Gasteiger partial charge in [-0.05, 0) is 31.0 Å². The standard InChI is InChI=1S/C22H23F3N4O/c1-3-15(2)27-21-28-19(17-10-7-11-18(12-17)30-22(23,24)25)13-20(29-21)26-14-16-8-5-4-6-9-16/h4-13,15H,3,14H2,1-2H3,(H2,26,27,28,29)/t15-/m0/s1. The van der Waals surface area contributed by atoms with E-state index in [9.17, 15) is 13.2 Å². The minimum Gasteiger partial charge on any atom is -0.406 e. The molecular formula is C22H23F3N4O. The molecule has 3 rings (SSSR count). The second kappa shape index (κ2) is 9.47. The van der Waals surface area contributed by atoms with Crippen molar-refractivity contribution in [2.75, 3.05) is 10.6 Å². The van der Waals surface area contributed by atoms with Crippen LogP contribution in [0.15, 0.2) is 60.7 Å². The monoisotopic (exact) mass is 416 g/mol. The fraction of sp³-hybridized carbons (Fsp3) is 0.273. The van der Waals surface area contributed by atoms with Gasteiger partial charge >= 0.3 is 6.36 Å². The van der Waals surface area contributed by atoms with Crippen LogP contribution < -0.4 is 15.4 Å². The fourth-order valence-electron chi connectivity index (χ4n) is 2.71. The highest BCUT2D eigenvalue weighted by atomic mass is 19.4. The van der Waals surface area contributed by atoms with Crippen LogP contribution in [0.4, 0.5) is 24.9 Å². The first-order valence-corrected chi connectivity index (χ1v) is 9.62. The van der Waals surface area contributed by atoms with Gasteiger partial charge in [0.25, 0.3) is 0 Å². The highest BCUT2D eigenvalue weighted by Crippen LogP contribution is 2.29. The number of halogens is 3. The number of hydrogen-bond acceptors (Lipinski definition) is 5. The van der Waals surface area contributed by atoms with Crippen molar-refractivity contribution < 1.29 is 17.9 Å². The molecule has 1 atom stereocenters. The summed E-state index contributed by atoms with van der Waals surface area (Å²) >= 11 is 0. The summed E-state index contributed by atoms with van der Waals surface area (Å²) in [5.74, 6) is 0.671. The molecule has 0 bridgehead atoms. The molecule has 0 saturated heterocycles. The average Bonchev–Trinajstić information content (AvgIpc) is 2.72. The topological polar surface area (TPSA) is 59.1 Å². The number of aromatic nitrogens is 2. The molecule has 0 aliphatic carbocycles. The summed E-state index contributed by atoms with van der Waals surface area (Å²) in [6.45, 7) is 4.59. The molecule has 0 saturated carbocycles. The molecule has 3 aromatic rings. The second-order valence-electron chi connectivity index (χ2n) is 6.83. The Morgan fingerprint density at radius 3 is 2.47 bits per heavy atom. The number of anilines is 2. The van der Waals surface area contributed by atoms with Gasteiger partial charge in [-0.2, -0.15) is 4.98 Å². The quantitative estimate of drug-likeness (QED) is 0.481. The lowest BCUT2D eigenvalue weighted by atomic mass is 10.1. The lowest BCUT2D eigenvalue weighted by Crippen LogP contribution is -2.17. The Bertz CT molecular complexity index is 964. The Morgan fingerprint density at radius 1 is 1.00 bits per heavy atom. The lowest BCUT2D eigenvalue weighted by molar-refractivity contribution is -0.274. The van der Waals surface area contributed by atoms with E-state index in [0.29, 0.717) is 29.6 Å². The number of nitrogens with one attached hydrogen (secondary N) is 2. The van der Waals surface area contributed by atoms with Gasteiger partial charge in [0.15, 0.2) is 0 Å². The van der Waals surface area contributed by atoms with Gasteiger partial charge in [0, 0.05) is 24.2 Å². The zero-order valence-electron chi connectivity index (χ0n) is 16.7. The maximum absolute atomic E-state index is 12.6. The van der Waals surface area contributed by atoms with E-state index in [4.69, 9.17) is 0 Å². The number of hydrogen-bond donors (Lipinski definition) is 2. The Balaban J connectivity index is 1.90. The molecular weight excluding hydrogens is 393 g/mol. The van der Waals surface area contributed by atoms with E-state index in [1.165, 1.54) is 18.2 Å². The number of ether oxygens (including phenoxy) is 1. The number of benzene rings is 2. The summed E-state index contributed by atoms with van der Waals surface area (Å²) in [6, 6.07) is 17.4. The summed E-state index contributed by atoms with van der Waals surface area (Å²) in [5.41, 5.74) is 2.06. The predicted octanol–water partition coefficient (Wildman–Crippen LogP) is 5.86. The first kappa shape index (κ1) is 21.4. The third kappa shape index (κ3) is 6.37. The highest BCUT2D eigenvalue weighted by molar-refractivity contribution is 5.66. The molecule has 0 aliphatic rings. The van der Waals surface area contributed by atoms with Gasteiger partial charge in [-0.3, -0.25) is 0 Å². The maximum atomic E-state index is 12.6. The molecule has 30 heavy (non-hydrogen) atoms. The maximum Gasteiger partial charge on any atom is 0.573 e. The molecule has 1 aromatic heterocycles. The molecule has 0 radical (unpaired) electrons. The summed E-state index contributed by atoms with van der Waals surface area (Å²) in [6.07, 6.45) is -3.88. The Morgan fingerprint density at radius 2 is 1.77 bits per heavy atom. The summed E-state index contributed by atoms with van der Waals surface area (Å²) in [4.78, 5) is 8.98. The van der Waals surface area contributed by atoms with Crippen LogP contribution in [-0.4, -0.2) is 22.4 Å². The van der Waals surface area contributed by atoms with E-state index in [1.54, 1.807) is 12.1 Å². The van der Waals surface area contributed by atoms with E-state index in [1.807, 2.05) is 44.2 Å². The molecule has 5 nitrogen and oxygen atoms in total. The normalized spacial score (nSPS) is 12.3. The third-order valence-corrected chi connectivity index (χ3v) is 4.39. The number of rotatable bonds is 8. The molecule has 0 fully saturated rings. The minimum atomic E-state index is -4.75. The van der Waals surface area contributed by atoms with E-state index in [-0.39, 0.29) is 11.8 Å². The van der Waals surface area contributed by atoms with Crippen LogP contribution in [0.25, 0.3) is 11.3 Å². The van der Waals surface area contributed by atoms with Gasteiger partial charge in [0.05, 0.1) is 5.69 Å². The van der Waals surface area contributed by atoms with Crippen LogP contribution in [0.3, 0.4) is 0 Å². The summed E-state index contributed by atoms with van der Waals surface area (Å²) in [7, 11) is 0. The van der Waals surface area contributed by atoms with Crippen molar-refractivity contribution in [1.29, 1.82) is 0 Å². The van der Waals surface area contributed by atoms with E-state index in [0.717, 1.165) is 12.0 Å². The van der Waals surface area contributed by atoms with Gasteiger partial charge in [-0.1, -0.05) is 49.4 Å². The number of alkyl halides is 3. The third-order valence-electron chi connectivity index (χ3n) is 4.39. The molecule has 0 aliphatic heterocycles. The van der Waals surface area contributed by atoms with Crippen molar-refractivity contribution in [2.45, 2.75) is 39.2 Å². The minimum absolute atomic E-state index is 0.141. The lowest BCUT2D eigenvalue weighted by Gasteiger charge is -2.15. The van der Waals surface area contributed by atoms with Gasteiger partial charge in [-0.15, -0.1) is 13.2 Å². The highest BCUT2D eigenvalue weighted by Gasteiger charge is 2.31. The Labute approximate surface area is 173 Å². The molecule has 1 heterocycles. The Kier molecular flexibility index (Phi) is 6.76. The van der Waals surface area contributed by atoms with Crippen LogP contribution in [0, 0.1) is 0 Å². The fourth-order valence-corrected chi connectivity index (χ4v) is 2.71. The predicted molar refractivity (Wildman–Crippen MR) is 111 cm³/mol. The van der Waals surface area contributed by atoms with Crippen LogP contribution in [0.1, 0.15) is 25.8 Å². The van der Waals surface area contributed by atoms with E-state index >= 15 is 0 Å². The van der Waals surface area contributed by atoms with Crippen molar-refractivity contribution in [1.82, 2.24) is 9.97 Å². The summed E-state index contributed by atoms with van der Waals surface area (Å²) in [5, 5.41) is 6.47. The SMILES string of the molecule is CC[C@H](C)Nc1nc(NCc2ccccc2)cc(-c2cccc(OC(F)(F)F)c2)n1. The number of nitrogens with zero attached hydrogens (tertiary/aromatic N) is 2. The van der Waals surface area contributed by atoms with Crippen molar-refractivity contribution in [3.8, 4) is 17.0 Å². The zero-order chi connectivity index (χ0) is 21.6. The van der Waals surface area contributed by atoms with Gasteiger partial charge in [-0.25, -0.2) is 4.98 Å². The molecule has 0 spiro atoms. The van der Waals surface area contributed by atoms with Crippen LogP contribution in [0.5, 0.6) is 5.75 Å². The zero-order valence-corrected chi connectivity index (χ0v) is 16.7. The van der Waals surface area contributed by atoms with Gasteiger partial charge in [0.2, 0.25) is 5.95 Å². The van der Waals surface area contributed by atoms with Crippen LogP contribution >= 0.6 is 0 Å². The molecule has 8 heteroatoms. The summed E-state index contributed by atoms with van der Waals surface area (Å²) < 4.78 is 41.8. The first-order chi connectivity index (χ1) is 14.3. The van der Waals surface area contributed by atoms with E-state index in [2.05, 4.69) is 25.3 Å². The van der Waals surface area contributed by atoms with Crippen molar-refractivity contribution in [2.24, 2.45) is 0 Å². The first-order valence-electron chi connectivity index (χ1n) is 9.62. The second-order valence-corrected chi connectivity index (χ2v) is 6.83.